The Kier molecular flexibility index (Phi) is 4.72. The molecule has 7 heteroatoms. The summed E-state index contributed by atoms with van der Waals surface area (Å²) in [6.07, 6.45) is 10.8. The van der Waals surface area contributed by atoms with Crippen LogP contribution in [0.5, 0.6) is 0 Å². The molecular formula is C28H13NO6. The van der Waals surface area contributed by atoms with Gasteiger partial charge in [-0.25, -0.2) is 9.69 Å². The first-order valence-corrected chi connectivity index (χ1v) is 10.3. The Bertz CT molecular complexity index is 1630. The van der Waals surface area contributed by atoms with Crippen LogP contribution in [0.4, 0.5) is 5.69 Å². The second-order valence-corrected chi connectivity index (χ2v) is 8.00. The van der Waals surface area contributed by atoms with E-state index in [0.717, 1.165) is 11.0 Å². The van der Waals surface area contributed by atoms with E-state index in [1.807, 2.05) is 0 Å². The number of nitrogens with zero attached hydrogens (tertiary/aromatic N) is 1. The number of anilines is 1. The molecule has 5 rings (SSSR count). The molecule has 0 spiro atoms. The first kappa shape index (κ1) is 21.6. The van der Waals surface area contributed by atoms with Crippen LogP contribution in [0.2, 0.25) is 0 Å². The van der Waals surface area contributed by atoms with Gasteiger partial charge in [0.25, 0.3) is 11.8 Å². The molecule has 1 unspecified atom stereocenters. The third kappa shape index (κ3) is 3.07. The van der Waals surface area contributed by atoms with Crippen molar-refractivity contribution in [2.75, 3.05) is 4.90 Å². The van der Waals surface area contributed by atoms with Gasteiger partial charge in [-0.15, -0.1) is 12.8 Å². The number of terminal acetylenes is 2. The number of Topliss-reactive ketones (excluding diaryl/α,β-unsaturated/α-hetero) is 2. The highest BCUT2D eigenvalue weighted by Gasteiger charge is 2.42. The Morgan fingerprint density at radius 3 is 1.94 bits per heavy atom. The Labute approximate surface area is 199 Å². The zero-order valence-electron chi connectivity index (χ0n) is 17.9. The van der Waals surface area contributed by atoms with Crippen LogP contribution in [0.15, 0.2) is 54.6 Å². The van der Waals surface area contributed by atoms with Gasteiger partial charge < -0.3 is 5.11 Å². The van der Waals surface area contributed by atoms with Gasteiger partial charge in [-0.05, 0) is 54.1 Å². The molecule has 0 saturated carbocycles. The van der Waals surface area contributed by atoms with E-state index < -0.39 is 40.8 Å². The van der Waals surface area contributed by atoms with Crippen LogP contribution >= 0.6 is 0 Å². The second kappa shape index (κ2) is 7.65. The van der Waals surface area contributed by atoms with Crippen molar-refractivity contribution in [3.63, 3.8) is 0 Å². The van der Waals surface area contributed by atoms with Crippen LogP contribution < -0.4 is 4.90 Å². The summed E-state index contributed by atoms with van der Waals surface area (Å²) in [5.74, 6) is -0.315. The van der Waals surface area contributed by atoms with Gasteiger partial charge in [0.15, 0.2) is 11.6 Å². The number of ketones is 2. The van der Waals surface area contributed by atoms with Gasteiger partial charge in [0, 0.05) is 22.3 Å². The summed E-state index contributed by atoms with van der Waals surface area (Å²) >= 11 is 0. The fourth-order valence-electron chi connectivity index (χ4n) is 4.43. The molecule has 0 fully saturated rings. The number of carboxylic acid groups (broad SMARTS) is 1. The Morgan fingerprint density at radius 1 is 0.743 bits per heavy atom. The lowest BCUT2D eigenvalue weighted by molar-refractivity contribution is 0.0696. The predicted molar refractivity (Wildman–Crippen MR) is 125 cm³/mol. The van der Waals surface area contributed by atoms with E-state index in [0.29, 0.717) is 11.1 Å². The molecule has 2 aliphatic rings. The van der Waals surface area contributed by atoms with Crippen molar-refractivity contribution in [3.8, 4) is 24.7 Å². The third-order valence-electron chi connectivity index (χ3n) is 6.12. The van der Waals surface area contributed by atoms with Crippen molar-refractivity contribution >= 4 is 35.0 Å². The average Bonchev–Trinajstić information content (AvgIpc) is 3.26. The number of carbonyl (C=O) groups is 5. The average molecular weight is 459 g/mol. The highest BCUT2D eigenvalue weighted by Crippen LogP contribution is 2.38. The molecule has 166 valence electrons. The number of hydrogen-bond donors (Lipinski definition) is 1. The van der Waals surface area contributed by atoms with E-state index in [9.17, 15) is 29.1 Å². The van der Waals surface area contributed by atoms with Crippen molar-refractivity contribution < 1.29 is 29.1 Å². The summed E-state index contributed by atoms with van der Waals surface area (Å²) in [7, 11) is 0. The quantitative estimate of drug-likeness (QED) is 0.366. The maximum absolute atomic E-state index is 13.0. The smallest absolute Gasteiger partial charge is 0.337 e. The summed E-state index contributed by atoms with van der Waals surface area (Å²) in [5, 5.41) is 9.87. The number of amides is 2. The van der Waals surface area contributed by atoms with E-state index in [-0.39, 0.29) is 33.5 Å². The summed E-state index contributed by atoms with van der Waals surface area (Å²) in [5.41, 5.74) is 0.894. The second-order valence-electron chi connectivity index (χ2n) is 8.00. The predicted octanol–water partition coefficient (Wildman–Crippen LogP) is 3.31. The van der Waals surface area contributed by atoms with Crippen LogP contribution in [0, 0.1) is 24.7 Å². The van der Waals surface area contributed by atoms with Gasteiger partial charge in [0.2, 0.25) is 0 Å². The summed E-state index contributed by atoms with van der Waals surface area (Å²) in [4.78, 5) is 64.9. The summed E-state index contributed by atoms with van der Waals surface area (Å²) < 4.78 is 0. The molecule has 1 heterocycles. The maximum Gasteiger partial charge on any atom is 0.337 e. The van der Waals surface area contributed by atoms with E-state index in [1.165, 1.54) is 42.5 Å². The normalized spacial score (nSPS) is 16.1. The van der Waals surface area contributed by atoms with Crippen molar-refractivity contribution in [3.05, 3.63) is 99.1 Å². The lowest BCUT2D eigenvalue weighted by Crippen LogP contribution is -2.31. The Balaban J connectivity index is 1.58. The number of aromatic carboxylic acids is 1. The molecule has 1 N–H and O–H groups in total. The highest BCUT2D eigenvalue weighted by molar-refractivity contribution is 6.35. The van der Waals surface area contributed by atoms with Gasteiger partial charge in [-0.2, -0.15) is 0 Å². The number of rotatable bonds is 3. The number of fused-ring (bicyclic) bond motifs is 2. The molecule has 3 aromatic rings. The van der Waals surface area contributed by atoms with Crippen LogP contribution in [0.25, 0.3) is 0 Å². The molecule has 1 aliphatic carbocycles. The minimum atomic E-state index is -1.44. The molecule has 0 radical (unpaired) electrons. The maximum atomic E-state index is 13.0. The lowest BCUT2D eigenvalue weighted by atomic mass is 9.92. The molecule has 0 bridgehead atoms. The molecule has 35 heavy (non-hydrogen) atoms. The van der Waals surface area contributed by atoms with E-state index in [1.54, 1.807) is 6.07 Å². The fraction of sp³-hybridized carbons (Fsp3) is 0.0357. The van der Waals surface area contributed by atoms with Gasteiger partial charge in [0.05, 0.1) is 22.4 Å². The van der Waals surface area contributed by atoms with Gasteiger partial charge in [-0.1, -0.05) is 17.9 Å². The first-order valence-electron chi connectivity index (χ1n) is 10.3. The highest BCUT2D eigenvalue weighted by atomic mass is 16.4. The molecule has 1 aliphatic heterocycles. The number of hydrogen-bond acceptors (Lipinski definition) is 5. The van der Waals surface area contributed by atoms with E-state index in [4.69, 9.17) is 12.8 Å². The van der Waals surface area contributed by atoms with Gasteiger partial charge in [0.1, 0.15) is 5.92 Å². The van der Waals surface area contributed by atoms with Crippen LogP contribution in [0.1, 0.15) is 74.4 Å². The third-order valence-corrected chi connectivity index (χ3v) is 6.12. The molecule has 2 amide bonds. The van der Waals surface area contributed by atoms with E-state index >= 15 is 0 Å². The van der Waals surface area contributed by atoms with Crippen LogP contribution in [-0.4, -0.2) is 34.5 Å². The molecule has 1 atom stereocenters. The Hall–Kier alpha value is -5.27. The van der Waals surface area contributed by atoms with Crippen molar-refractivity contribution in [1.29, 1.82) is 0 Å². The van der Waals surface area contributed by atoms with Gasteiger partial charge in [-0.3, -0.25) is 19.2 Å². The molecule has 0 aromatic heterocycles. The van der Waals surface area contributed by atoms with Crippen molar-refractivity contribution in [2.24, 2.45) is 0 Å². The number of benzene rings is 3. The minimum Gasteiger partial charge on any atom is -0.478 e. The van der Waals surface area contributed by atoms with Crippen molar-refractivity contribution in [1.82, 2.24) is 0 Å². The summed E-state index contributed by atoms with van der Waals surface area (Å²) in [6.45, 7) is 0. The SMILES string of the molecule is C#Cc1ccc2c(c1)C(=O)C(c1ccc(N3C(=O)c4ccc(C#C)cc4C3=O)c(C(=O)O)c1)C2=O. The topological polar surface area (TPSA) is 109 Å². The van der Waals surface area contributed by atoms with Gasteiger partial charge >= 0.3 is 5.97 Å². The number of carboxylic acids is 1. The van der Waals surface area contributed by atoms with Crippen molar-refractivity contribution in [2.45, 2.75) is 5.92 Å². The van der Waals surface area contributed by atoms with E-state index in [2.05, 4.69) is 11.8 Å². The molecule has 3 aromatic carbocycles. The zero-order valence-corrected chi connectivity index (χ0v) is 17.9. The minimum absolute atomic E-state index is 0.0618. The molecule has 0 saturated heterocycles. The lowest BCUT2D eigenvalue weighted by Gasteiger charge is -2.18. The summed E-state index contributed by atoms with van der Waals surface area (Å²) in [6, 6.07) is 12.5. The monoisotopic (exact) mass is 459 g/mol. The molecule has 7 nitrogen and oxygen atoms in total. The van der Waals surface area contributed by atoms with Crippen LogP contribution in [-0.2, 0) is 0 Å². The zero-order chi connectivity index (χ0) is 25.0. The van der Waals surface area contributed by atoms with Crippen LogP contribution in [0.3, 0.4) is 0 Å². The number of imide groups is 1. The largest absolute Gasteiger partial charge is 0.478 e. The molecular weight excluding hydrogens is 446 g/mol. The standard InChI is InChI=1S/C28H13NO6/c1-3-14-5-8-17-19(11-14)25(31)23(24(17)30)16-7-10-22(21(13-16)28(34)35)29-26(32)18-9-6-15(4-2)12-20(18)27(29)33/h1-2,5-13,23H,(H,34,35). The fourth-order valence-corrected chi connectivity index (χ4v) is 4.43. The first-order chi connectivity index (χ1) is 16.8. The Morgan fingerprint density at radius 2 is 1.31 bits per heavy atom. The number of carbonyl (C=O) groups excluding carboxylic acids is 4.